The maximum absolute atomic E-state index is 3.60. The summed E-state index contributed by atoms with van der Waals surface area (Å²) < 4.78 is 5.01. The maximum Gasteiger partial charge on any atom is 0.0675 e. The second-order valence-corrected chi connectivity index (χ2v) is 8.46. The molecule has 0 saturated heterocycles. The van der Waals surface area contributed by atoms with Crippen LogP contribution < -0.4 is 4.72 Å². The summed E-state index contributed by atoms with van der Waals surface area (Å²) in [4.78, 5) is 1.48. The standard InChI is InChI=1S/C17H21NS2/c1-10-11(2)16(20-18-17(3,4)5)14-12-8-6-7-9-13(12)19-15(10)14/h6-9,16,18H,1-5H3. The smallest absolute Gasteiger partial charge is 0.0675 e. The number of benzene rings is 1. The number of allylic oxidation sites excluding steroid dienone is 1. The van der Waals surface area contributed by atoms with Crippen molar-refractivity contribution in [1.82, 2.24) is 4.72 Å². The molecule has 3 heteroatoms. The van der Waals surface area contributed by atoms with Crippen molar-refractivity contribution in [3.8, 4) is 0 Å². The van der Waals surface area contributed by atoms with Crippen LogP contribution in [0.15, 0.2) is 29.8 Å². The van der Waals surface area contributed by atoms with E-state index in [1.807, 2.05) is 23.3 Å². The van der Waals surface area contributed by atoms with Crippen LogP contribution in [0.4, 0.5) is 0 Å². The molecule has 1 nitrogen and oxygen atoms in total. The van der Waals surface area contributed by atoms with Crippen LogP contribution in [0.2, 0.25) is 0 Å². The van der Waals surface area contributed by atoms with E-state index in [0.717, 1.165) is 0 Å². The summed E-state index contributed by atoms with van der Waals surface area (Å²) in [6, 6.07) is 8.79. The van der Waals surface area contributed by atoms with E-state index in [9.17, 15) is 0 Å². The molecule has 1 aromatic heterocycles. The van der Waals surface area contributed by atoms with Crippen LogP contribution in [0.3, 0.4) is 0 Å². The van der Waals surface area contributed by atoms with E-state index in [1.54, 1.807) is 0 Å². The fraction of sp³-hybridized carbons (Fsp3) is 0.412. The topological polar surface area (TPSA) is 12.0 Å². The highest BCUT2D eigenvalue weighted by Gasteiger charge is 2.31. The van der Waals surface area contributed by atoms with Gasteiger partial charge >= 0.3 is 0 Å². The Kier molecular flexibility index (Phi) is 3.47. The van der Waals surface area contributed by atoms with Crippen LogP contribution in [-0.4, -0.2) is 5.54 Å². The van der Waals surface area contributed by atoms with Crippen LogP contribution in [0.1, 0.15) is 50.3 Å². The fourth-order valence-corrected chi connectivity index (χ4v) is 5.15. The normalized spacial score (nSPS) is 18.9. The zero-order valence-electron chi connectivity index (χ0n) is 12.7. The Balaban J connectivity index is 2.05. The van der Waals surface area contributed by atoms with Gasteiger partial charge in [-0.15, -0.1) is 11.3 Å². The van der Waals surface area contributed by atoms with Gasteiger partial charge in [0.2, 0.25) is 0 Å². The first-order chi connectivity index (χ1) is 9.38. The van der Waals surface area contributed by atoms with Gasteiger partial charge in [0.15, 0.2) is 0 Å². The van der Waals surface area contributed by atoms with Gasteiger partial charge in [0.1, 0.15) is 0 Å². The molecule has 1 aromatic carbocycles. The van der Waals surface area contributed by atoms with Crippen molar-refractivity contribution in [3.05, 3.63) is 40.3 Å². The largest absolute Gasteiger partial charge is 0.258 e. The highest BCUT2D eigenvalue weighted by Crippen LogP contribution is 2.53. The van der Waals surface area contributed by atoms with Crippen molar-refractivity contribution >= 4 is 38.9 Å². The van der Waals surface area contributed by atoms with E-state index in [1.165, 1.54) is 31.7 Å². The zero-order valence-corrected chi connectivity index (χ0v) is 14.3. The summed E-state index contributed by atoms with van der Waals surface area (Å²) >= 11 is 3.80. The Morgan fingerprint density at radius 2 is 1.85 bits per heavy atom. The predicted molar refractivity (Wildman–Crippen MR) is 93.3 cm³/mol. The molecule has 0 aliphatic heterocycles. The Hall–Kier alpha value is -0.770. The van der Waals surface area contributed by atoms with Gasteiger partial charge in [-0.2, -0.15) is 0 Å². The highest BCUT2D eigenvalue weighted by molar-refractivity contribution is 7.97. The molecule has 0 fully saturated rings. The third-order valence-corrected chi connectivity index (χ3v) is 6.57. The molecule has 1 N–H and O–H groups in total. The average molecular weight is 303 g/mol. The molecule has 0 bridgehead atoms. The number of hydrogen-bond donors (Lipinski definition) is 1. The Morgan fingerprint density at radius 3 is 2.55 bits per heavy atom. The van der Waals surface area contributed by atoms with E-state index in [2.05, 4.69) is 63.6 Å². The van der Waals surface area contributed by atoms with E-state index < -0.39 is 0 Å². The quantitative estimate of drug-likeness (QED) is 0.705. The summed E-state index contributed by atoms with van der Waals surface area (Å²) in [5.74, 6) is 0. The molecule has 3 rings (SSSR count). The summed E-state index contributed by atoms with van der Waals surface area (Å²) in [6.45, 7) is 11.2. The van der Waals surface area contributed by atoms with E-state index in [0.29, 0.717) is 5.25 Å². The monoisotopic (exact) mass is 303 g/mol. The summed E-state index contributed by atoms with van der Waals surface area (Å²) in [6.07, 6.45) is 0. The van der Waals surface area contributed by atoms with E-state index in [-0.39, 0.29) is 5.54 Å². The Morgan fingerprint density at radius 1 is 1.15 bits per heavy atom. The summed E-state index contributed by atoms with van der Waals surface area (Å²) in [5, 5.41) is 1.87. The minimum absolute atomic E-state index is 0.132. The lowest BCUT2D eigenvalue weighted by atomic mass is 10.1. The van der Waals surface area contributed by atoms with Crippen molar-refractivity contribution < 1.29 is 0 Å². The summed E-state index contributed by atoms with van der Waals surface area (Å²) in [7, 11) is 0. The first-order valence-corrected chi connectivity index (χ1v) is 8.70. The van der Waals surface area contributed by atoms with Crippen LogP contribution in [0.5, 0.6) is 0 Å². The lowest BCUT2D eigenvalue weighted by Gasteiger charge is -2.23. The number of fused-ring (bicyclic) bond motifs is 3. The molecule has 0 amide bonds. The molecule has 0 spiro atoms. The van der Waals surface area contributed by atoms with Crippen LogP contribution >= 0.6 is 23.3 Å². The molecular weight excluding hydrogens is 282 g/mol. The van der Waals surface area contributed by atoms with Crippen LogP contribution in [0, 0.1) is 0 Å². The van der Waals surface area contributed by atoms with E-state index >= 15 is 0 Å². The lowest BCUT2D eigenvalue weighted by molar-refractivity contribution is 0.534. The fourth-order valence-electron chi connectivity index (χ4n) is 2.58. The Bertz CT molecular complexity index is 689. The van der Waals surface area contributed by atoms with Gasteiger partial charge in [0.05, 0.1) is 5.25 Å². The van der Waals surface area contributed by atoms with E-state index in [4.69, 9.17) is 0 Å². The van der Waals surface area contributed by atoms with Gasteiger partial charge in [-0.1, -0.05) is 35.7 Å². The number of hydrogen-bond acceptors (Lipinski definition) is 3. The Labute approximate surface area is 129 Å². The van der Waals surface area contributed by atoms with Crippen molar-refractivity contribution in [2.75, 3.05) is 0 Å². The first-order valence-electron chi connectivity index (χ1n) is 7.00. The van der Waals surface area contributed by atoms with Crippen molar-refractivity contribution in [2.45, 2.75) is 45.4 Å². The maximum atomic E-state index is 3.60. The summed E-state index contributed by atoms with van der Waals surface area (Å²) in [5.41, 5.74) is 4.61. The number of nitrogens with one attached hydrogen (secondary N) is 1. The minimum Gasteiger partial charge on any atom is -0.258 e. The molecular formula is C17H21NS2. The van der Waals surface area contributed by atoms with Gasteiger partial charge in [-0.3, -0.25) is 4.72 Å². The van der Waals surface area contributed by atoms with Crippen molar-refractivity contribution in [2.24, 2.45) is 0 Å². The van der Waals surface area contributed by atoms with Crippen LogP contribution in [-0.2, 0) is 0 Å². The second kappa shape index (κ2) is 4.90. The van der Waals surface area contributed by atoms with Gasteiger partial charge in [0.25, 0.3) is 0 Å². The highest BCUT2D eigenvalue weighted by atomic mass is 32.2. The van der Waals surface area contributed by atoms with Gasteiger partial charge < -0.3 is 0 Å². The SMILES string of the molecule is CC1=C(C)C(SNC(C)(C)C)c2c1sc1ccccc21. The molecule has 1 aliphatic rings. The third kappa shape index (κ3) is 2.32. The predicted octanol–water partition coefficient (Wildman–Crippen LogP) is 5.79. The third-order valence-electron chi connectivity index (χ3n) is 3.70. The average Bonchev–Trinajstić information content (AvgIpc) is 2.85. The minimum atomic E-state index is 0.132. The molecule has 106 valence electrons. The van der Waals surface area contributed by atoms with Gasteiger partial charge in [0, 0.05) is 15.1 Å². The molecule has 0 saturated carbocycles. The molecule has 1 aliphatic carbocycles. The van der Waals surface area contributed by atoms with Crippen LogP contribution in [0.25, 0.3) is 15.7 Å². The number of thiophene rings is 1. The molecule has 1 unspecified atom stereocenters. The van der Waals surface area contributed by atoms with Crippen molar-refractivity contribution in [3.63, 3.8) is 0 Å². The molecule has 0 radical (unpaired) electrons. The van der Waals surface area contributed by atoms with Gasteiger partial charge in [-0.25, -0.2) is 0 Å². The van der Waals surface area contributed by atoms with Crippen molar-refractivity contribution in [1.29, 1.82) is 0 Å². The second-order valence-electron chi connectivity index (χ2n) is 6.50. The zero-order chi connectivity index (χ0) is 14.5. The lowest BCUT2D eigenvalue weighted by Crippen LogP contribution is -2.30. The molecule has 1 atom stereocenters. The molecule has 1 heterocycles. The first kappa shape index (κ1) is 14.2. The number of rotatable bonds is 2. The molecule has 2 aromatic rings. The molecule has 20 heavy (non-hydrogen) atoms. The van der Waals surface area contributed by atoms with Gasteiger partial charge in [-0.05, 0) is 57.2 Å².